The van der Waals surface area contributed by atoms with Gasteiger partial charge in [0.2, 0.25) is 10.0 Å². The van der Waals surface area contributed by atoms with Crippen LogP contribution in [0.2, 0.25) is 5.02 Å². The highest BCUT2D eigenvalue weighted by atomic mass is 35.5. The Bertz CT molecular complexity index is 1510. The van der Waals surface area contributed by atoms with Crippen molar-refractivity contribution in [2.24, 2.45) is 17.8 Å². The summed E-state index contributed by atoms with van der Waals surface area (Å²) in [5.74, 6) is 0.315. The van der Waals surface area contributed by atoms with Crippen LogP contribution in [0.4, 0.5) is 5.69 Å². The first-order chi connectivity index (χ1) is 23.1. The van der Waals surface area contributed by atoms with E-state index in [9.17, 15) is 18.3 Å². The SMILES string of the molecule is C=CC[C@@H](CCCC)[C@H](C)S(=O)(=O)NC(=O)c1ccc2c(c1)N(C[C@@H]1CC[C@H]1[C@@H](O)/C=C/CCC)CCCCc1cc(Cl)ccc1CO2. The maximum Gasteiger partial charge on any atom is 0.264 e. The number of fused-ring (bicyclic) bond motifs is 2. The van der Waals surface area contributed by atoms with Crippen LogP contribution in [0.5, 0.6) is 5.75 Å². The molecule has 2 aromatic carbocycles. The number of rotatable bonds is 15. The predicted molar refractivity (Wildman–Crippen MR) is 197 cm³/mol. The molecule has 0 bridgehead atoms. The minimum Gasteiger partial charge on any atom is -0.487 e. The number of nitrogens with zero attached hydrogens (tertiary/aromatic N) is 1. The number of hydrogen-bond acceptors (Lipinski definition) is 6. The maximum atomic E-state index is 13.6. The first-order valence-electron chi connectivity index (χ1n) is 17.9. The lowest BCUT2D eigenvalue weighted by molar-refractivity contribution is 0.0461. The van der Waals surface area contributed by atoms with Gasteiger partial charge in [0.1, 0.15) is 12.4 Å². The van der Waals surface area contributed by atoms with E-state index in [0.717, 1.165) is 82.0 Å². The summed E-state index contributed by atoms with van der Waals surface area (Å²) in [7, 11) is -3.94. The van der Waals surface area contributed by atoms with E-state index in [0.29, 0.717) is 30.3 Å². The predicted octanol–water partition coefficient (Wildman–Crippen LogP) is 8.64. The molecule has 48 heavy (non-hydrogen) atoms. The topological polar surface area (TPSA) is 95.9 Å². The monoisotopic (exact) mass is 698 g/mol. The molecule has 1 saturated carbocycles. The van der Waals surface area contributed by atoms with Gasteiger partial charge in [-0.25, -0.2) is 13.1 Å². The zero-order chi connectivity index (χ0) is 34.7. The van der Waals surface area contributed by atoms with Crippen LogP contribution in [0.1, 0.15) is 106 Å². The fraction of sp³-hybridized carbons (Fsp3) is 0.564. The van der Waals surface area contributed by atoms with Gasteiger partial charge in [0, 0.05) is 23.7 Å². The summed E-state index contributed by atoms with van der Waals surface area (Å²) in [5.41, 5.74) is 3.27. The number of nitrogens with one attached hydrogen (secondary N) is 1. The quantitative estimate of drug-likeness (QED) is 0.181. The van der Waals surface area contributed by atoms with Gasteiger partial charge in [-0.1, -0.05) is 69.0 Å². The molecule has 0 aromatic heterocycles. The fourth-order valence-corrected chi connectivity index (χ4v) is 8.45. The number of unbranched alkanes of at least 4 members (excludes halogenated alkanes) is 2. The maximum absolute atomic E-state index is 13.6. The van der Waals surface area contributed by atoms with Gasteiger partial charge < -0.3 is 14.7 Å². The van der Waals surface area contributed by atoms with E-state index >= 15 is 0 Å². The van der Waals surface area contributed by atoms with Crippen LogP contribution >= 0.6 is 11.6 Å². The molecule has 2 aromatic rings. The second kappa shape index (κ2) is 18.3. The molecule has 2 N–H and O–H groups in total. The smallest absolute Gasteiger partial charge is 0.264 e. The third-order valence-electron chi connectivity index (χ3n) is 10.2. The van der Waals surface area contributed by atoms with Gasteiger partial charge in [0.25, 0.3) is 5.91 Å². The molecule has 0 spiro atoms. The largest absolute Gasteiger partial charge is 0.487 e. The Hall–Kier alpha value is -2.81. The number of halogens is 1. The number of sulfonamides is 1. The van der Waals surface area contributed by atoms with E-state index in [1.54, 1.807) is 31.2 Å². The summed E-state index contributed by atoms with van der Waals surface area (Å²) < 4.78 is 35.8. The number of aryl methyl sites for hydroxylation is 1. The summed E-state index contributed by atoms with van der Waals surface area (Å²) >= 11 is 6.35. The van der Waals surface area contributed by atoms with Gasteiger partial charge in [-0.2, -0.15) is 0 Å². The van der Waals surface area contributed by atoms with Crippen LogP contribution < -0.4 is 14.4 Å². The van der Waals surface area contributed by atoms with E-state index in [1.165, 1.54) is 5.56 Å². The third kappa shape index (κ3) is 10.1. The number of aliphatic hydroxyl groups is 1. The zero-order valence-electron chi connectivity index (χ0n) is 29.0. The summed E-state index contributed by atoms with van der Waals surface area (Å²) in [6.45, 7) is 11.5. The van der Waals surface area contributed by atoms with Crippen LogP contribution in [0.3, 0.4) is 0 Å². The van der Waals surface area contributed by atoms with Crippen molar-refractivity contribution in [2.75, 3.05) is 18.0 Å². The number of allylic oxidation sites excluding steroid dienone is 2. The summed E-state index contributed by atoms with van der Waals surface area (Å²) in [5, 5.41) is 10.9. The van der Waals surface area contributed by atoms with Crippen molar-refractivity contribution in [2.45, 2.75) is 109 Å². The van der Waals surface area contributed by atoms with E-state index in [4.69, 9.17) is 16.3 Å². The van der Waals surface area contributed by atoms with Crippen molar-refractivity contribution < 1.29 is 23.1 Å². The van der Waals surface area contributed by atoms with Crippen molar-refractivity contribution in [1.29, 1.82) is 0 Å². The van der Waals surface area contributed by atoms with Crippen LogP contribution in [-0.4, -0.2) is 43.9 Å². The number of carbonyl (C=O) groups is 1. The minimum absolute atomic E-state index is 0.121. The highest BCUT2D eigenvalue weighted by molar-refractivity contribution is 7.90. The van der Waals surface area contributed by atoms with Crippen molar-refractivity contribution in [1.82, 2.24) is 4.72 Å². The van der Waals surface area contributed by atoms with E-state index in [2.05, 4.69) is 36.1 Å². The average molecular weight is 699 g/mol. The molecular formula is C39H55ClN2O5S. The van der Waals surface area contributed by atoms with Gasteiger partial charge in [0.05, 0.1) is 17.0 Å². The molecule has 1 amide bonds. The van der Waals surface area contributed by atoms with E-state index in [-0.39, 0.29) is 23.3 Å². The first kappa shape index (κ1) is 38.0. The number of anilines is 1. The molecule has 5 atom stereocenters. The Morgan fingerprint density at radius 1 is 1.15 bits per heavy atom. The number of amides is 1. The number of carbonyl (C=O) groups excluding carboxylic acids is 1. The Balaban J connectivity index is 1.63. The van der Waals surface area contributed by atoms with Gasteiger partial charge in [-0.15, -0.1) is 6.58 Å². The van der Waals surface area contributed by atoms with Gasteiger partial charge in [-0.05, 0) is 118 Å². The van der Waals surface area contributed by atoms with Crippen LogP contribution in [-0.2, 0) is 23.1 Å². The third-order valence-corrected chi connectivity index (χ3v) is 12.3. The molecule has 7 nitrogen and oxygen atoms in total. The Kier molecular flexibility index (Phi) is 14.5. The minimum atomic E-state index is -3.94. The molecule has 0 unspecified atom stereocenters. The Morgan fingerprint density at radius 3 is 2.67 bits per heavy atom. The molecule has 4 rings (SSSR count). The standard InChI is InChI=1S/C39H55ClN2O5S/c1-5-8-10-16-37(43)35-21-18-32(35)26-42-23-12-11-15-30-24-34(40)20-17-33(30)27-47-38-22-19-31(25-36(38)42)39(44)41-48(45,46)28(4)29(13-7-3)14-9-6-2/h7,10,16-17,19-20,22,24-25,28-29,32,35,37,43H,3,5-6,8-9,11-15,18,21,23,26-27H2,1-2,4H3,(H,41,44)/b16-10+/t28-,29-,32-,35+,37-/m0/s1. The molecule has 1 heterocycles. The summed E-state index contributed by atoms with van der Waals surface area (Å²) in [4.78, 5) is 15.9. The molecule has 1 aliphatic heterocycles. The highest BCUT2D eigenvalue weighted by Gasteiger charge is 2.37. The summed E-state index contributed by atoms with van der Waals surface area (Å²) in [6, 6.07) is 11.1. The second-order valence-electron chi connectivity index (χ2n) is 13.6. The van der Waals surface area contributed by atoms with Gasteiger partial charge >= 0.3 is 0 Å². The molecule has 0 saturated heterocycles. The lowest BCUT2D eigenvalue weighted by Crippen LogP contribution is -2.43. The molecule has 1 fully saturated rings. The number of hydrogen-bond donors (Lipinski definition) is 2. The van der Waals surface area contributed by atoms with Crippen molar-refractivity contribution in [3.63, 3.8) is 0 Å². The lowest BCUT2D eigenvalue weighted by Gasteiger charge is -2.42. The molecule has 0 radical (unpaired) electrons. The molecule has 264 valence electrons. The van der Waals surface area contributed by atoms with Gasteiger partial charge in [0.15, 0.2) is 0 Å². The number of ether oxygens (including phenoxy) is 1. The summed E-state index contributed by atoms with van der Waals surface area (Å²) in [6.07, 6.45) is 15.2. The normalized spacial score (nSPS) is 20.3. The first-order valence-corrected chi connectivity index (χ1v) is 19.8. The van der Waals surface area contributed by atoms with Crippen molar-refractivity contribution >= 4 is 33.2 Å². The van der Waals surface area contributed by atoms with Crippen molar-refractivity contribution in [3.8, 4) is 5.75 Å². The molecule has 2 aliphatic rings. The van der Waals surface area contributed by atoms with Crippen LogP contribution in [0.15, 0.2) is 61.2 Å². The molecule has 9 heteroatoms. The second-order valence-corrected chi connectivity index (χ2v) is 16.1. The van der Waals surface area contributed by atoms with Gasteiger partial charge in [-0.3, -0.25) is 4.79 Å². The number of benzene rings is 2. The Labute approximate surface area is 293 Å². The van der Waals surface area contributed by atoms with E-state index < -0.39 is 27.3 Å². The van der Waals surface area contributed by atoms with Crippen LogP contribution in [0.25, 0.3) is 0 Å². The highest BCUT2D eigenvalue weighted by Crippen LogP contribution is 2.41. The average Bonchev–Trinajstić information content (AvgIpc) is 3.07. The van der Waals surface area contributed by atoms with E-state index in [1.807, 2.05) is 24.3 Å². The number of aliphatic hydroxyl groups excluding tert-OH is 1. The van der Waals surface area contributed by atoms with Crippen molar-refractivity contribution in [3.05, 3.63) is 82.9 Å². The molecular weight excluding hydrogens is 644 g/mol. The zero-order valence-corrected chi connectivity index (χ0v) is 30.6. The lowest BCUT2D eigenvalue weighted by atomic mass is 9.70. The molecule has 1 aliphatic carbocycles. The fourth-order valence-electron chi connectivity index (χ4n) is 6.94. The Morgan fingerprint density at radius 2 is 1.96 bits per heavy atom. The van der Waals surface area contributed by atoms with Crippen LogP contribution in [0, 0.1) is 17.8 Å².